The van der Waals surface area contributed by atoms with E-state index in [0.29, 0.717) is 24.1 Å². The van der Waals surface area contributed by atoms with Gasteiger partial charge in [0.1, 0.15) is 6.61 Å². The molecule has 1 aliphatic rings. The summed E-state index contributed by atoms with van der Waals surface area (Å²) in [6.45, 7) is 7.72. The lowest BCUT2D eigenvalue weighted by Crippen LogP contribution is -2.49. The highest BCUT2D eigenvalue weighted by Gasteiger charge is 2.36. The predicted octanol–water partition coefficient (Wildman–Crippen LogP) is 3.56. The van der Waals surface area contributed by atoms with E-state index in [4.69, 9.17) is 4.74 Å². The molecule has 0 saturated heterocycles. The second-order valence-corrected chi connectivity index (χ2v) is 7.23. The molecule has 0 bridgehead atoms. The second-order valence-electron chi connectivity index (χ2n) is 7.23. The molecule has 0 spiro atoms. The number of nitrogens with one attached hydrogen (secondary N) is 1. The molecule has 132 valence electrons. The molecule has 0 unspecified atom stereocenters. The zero-order valence-corrected chi connectivity index (χ0v) is 14.6. The summed E-state index contributed by atoms with van der Waals surface area (Å²) in [5, 5.41) is 14.1. The van der Waals surface area contributed by atoms with Crippen LogP contribution in [0.4, 0.5) is 5.69 Å². The van der Waals surface area contributed by atoms with Gasteiger partial charge >= 0.3 is 5.97 Å². The predicted molar refractivity (Wildman–Crippen MR) is 92.0 cm³/mol. The Morgan fingerprint density at radius 1 is 1.38 bits per heavy atom. The van der Waals surface area contributed by atoms with Gasteiger partial charge < -0.3 is 10.1 Å². The van der Waals surface area contributed by atoms with E-state index in [0.717, 1.165) is 0 Å². The minimum Gasteiger partial charge on any atom is -0.461 e. The number of carbonyl (C=O) groups excluding carboxylic acids is 1. The third-order valence-electron chi connectivity index (χ3n) is 4.90. The highest BCUT2D eigenvalue weighted by Crippen LogP contribution is 2.38. The number of nitro groups is 1. The summed E-state index contributed by atoms with van der Waals surface area (Å²) in [7, 11) is 0. The van der Waals surface area contributed by atoms with Crippen molar-refractivity contribution in [2.75, 3.05) is 13.2 Å². The van der Waals surface area contributed by atoms with Gasteiger partial charge in [-0.1, -0.05) is 27.2 Å². The number of ether oxygens (including phenoxy) is 1. The van der Waals surface area contributed by atoms with Crippen LogP contribution in [0.1, 0.15) is 50.4 Å². The van der Waals surface area contributed by atoms with Gasteiger partial charge in [0.15, 0.2) is 0 Å². The molecular weight excluding hydrogens is 308 g/mol. The summed E-state index contributed by atoms with van der Waals surface area (Å²) in [4.78, 5) is 22.1. The van der Waals surface area contributed by atoms with Crippen LogP contribution >= 0.6 is 0 Å². The Morgan fingerprint density at radius 3 is 2.62 bits per heavy atom. The monoisotopic (exact) mass is 334 g/mol. The largest absolute Gasteiger partial charge is 0.461 e. The Kier molecular flexibility index (Phi) is 5.94. The van der Waals surface area contributed by atoms with Gasteiger partial charge in [-0.3, -0.25) is 10.1 Å². The summed E-state index contributed by atoms with van der Waals surface area (Å²) in [5.41, 5.74) is 0.536. The molecule has 2 rings (SSSR count). The van der Waals surface area contributed by atoms with Crippen molar-refractivity contribution in [2.24, 2.45) is 11.3 Å². The van der Waals surface area contributed by atoms with E-state index in [9.17, 15) is 14.9 Å². The molecule has 1 saturated carbocycles. The normalized spacial score (nSPS) is 22.8. The first-order valence-electron chi connectivity index (χ1n) is 8.46. The summed E-state index contributed by atoms with van der Waals surface area (Å²) in [6.07, 6.45) is 3.70. The maximum atomic E-state index is 11.9. The van der Waals surface area contributed by atoms with Crippen LogP contribution in [0.15, 0.2) is 24.3 Å². The van der Waals surface area contributed by atoms with Crippen LogP contribution in [0, 0.1) is 21.4 Å². The molecule has 0 radical (unpaired) electrons. The lowest BCUT2D eigenvalue weighted by atomic mass is 9.68. The first kappa shape index (κ1) is 18.4. The summed E-state index contributed by atoms with van der Waals surface area (Å²) < 4.78 is 5.25. The average Bonchev–Trinajstić information content (AvgIpc) is 2.53. The molecule has 0 aliphatic heterocycles. The van der Waals surface area contributed by atoms with Crippen molar-refractivity contribution in [3.05, 3.63) is 39.9 Å². The quantitative estimate of drug-likeness (QED) is 0.372. The van der Waals surface area contributed by atoms with Gasteiger partial charge in [-0.05, 0) is 36.3 Å². The first-order valence-corrected chi connectivity index (χ1v) is 8.46. The molecule has 1 aliphatic carbocycles. The molecule has 0 heterocycles. The Hall–Kier alpha value is -1.95. The van der Waals surface area contributed by atoms with Crippen molar-refractivity contribution in [1.29, 1.82) is 0 Å². The van der Waals surface area contributed by atoms with E-state index in [-0.39, 0.29) is 17.7 Å². The molecular formula is C18H26N2O4. The van der Waals surface area contributed by atoms with E-state index in [1.165, 1.54) is 43.5 Å². The fourth-order valence-electron chi connectivity index (χ4n) is 3.61. The Balaban J connectivity index is 1.79. The van der Waals surface area contributed by atoms with E-state index < -0.39 is 10.9 Å². The zero-order chi connectivity index (χ0) is 17.7. The van der Waals surface area contributed by atoms with Gasteiger partial charge in [0.25, 0.3) is 5.69 Å². The highest BCUT2D eigenvalue weighted by molar-refractivity contribution is 5.89. The maximum absolute atomic E-state index is 11.9. The molecule has 1 N–H and O–H groups in total. The van der Waals surface area contributed by atoms with Crippen LogP contribution in [0.3, 0.4) is 0 Å². The van der Waals surface area contributed by atoms with Gasteiger partial charge in [0.2, 0.25) is 0 Å². The van der Waals surface area contributed by atoms with Crippen molar-refractivity contribution in [3.8, 4) is 0 Å². The Labute approximate surface area is 142 Å². The van der Waals surface area contributed by atoms with Gasteiger partial charge in [0.05, 0.1) is 10.5 Å². The molecule has 6 nitrogen and oxygen atoms in total. The lowest BCUT2D eigenvalue weighted by molar-refractivity contribution is -0.384. The van der Waals surface area contributed by atoms with Crippen molar-refractivity contribution in [2.45, 2.75) is 46.1 Å². The molecule has 1 aromatic rings. The third kappa shape index (κ3) is 4.54. The molecule has 0 amide bonds. The summed E-state index contributed by atoms with van der Waals surface area (Å²) >= 11 is 0. The minimum atomic E-state index is -0.494. The fraction of sp³-hybridized carbons (Fsp3) is 0.611. The minimum absolute atomic E-state index is 0.0401. The standard InChI is InChI=1S/C18H26N2O4/c1-13-5-4-10-18(2,3)16(13)19-11-12-24-17(21)14-6-8-15(9-7-14)20(22)23/h6-9,13,16,19H,4-5,10-12H2,1-3H3/t13-,16+/m1/s1. The van der Waals surface area contributed by atoms with Crippen LogP contribution in [0.5, 0.6) is 0 Å². The van der Waals surface area contributed by atoms with Gasteiger partial charge in [0, 0.05) is 24.7 Å². The maximum Gasteiger partial charge on any atom is 0.338 e. The van der Waals surface area contributed by atoms with Crippen molar-refractivity contribution >= 4 is 11.7 Å². The number of rotatable bonds is 6. The average molecular weight is 334 g/mol. The second kappa shape index (κ2) is 7.75. The van der Waals surface area contributed by atoms with Crippen LogP contribution < -0.4 is 5.32 Å². The van der Waals surface area contributed by atoms with E-state index in [1.807, 2.05) is 0 Å². The van der Waals surface area contributed by atoms with Crippen molar-refractivity contribution in [3.63, 3.8) is 0 Å². The van der Waals surface area contributed by atoms with Gasteiger partial charge in [-0.25, -0.2) is 4.79 Å². The van der Waals surface area contributed by atoms with Gasteiger partial charge in [-0.2, -0.15) is 0 Å². The molecule has 0 aromatic heterocycles. The molecule has 1 aromatic carbocycles. The molecule has 6 heteroatoms. The summed E-state index contributed by atoms with van der Waals surface area (Å²) in [6, 6.07) is 5.87. The van der Waals surface area contributed by atoms with Crippen LogP contribution in [-0.2, 0) is 4.74 Å². The number of hydrogen-bond donors (Lipinski definition) is 1. The topological polar surface area (TPSA) is 81.5 Å². The number of benzene rings is 1. The number of hydrogen-bond acceptors (Lipinski definition) is 5. The number of carbonyl (C=O) groups is 1. The molecule has 2 atom stereocenters. The van der Waals surface area contributed by atoms with Crippen LogP contribution in [-0.4, -0.2) is 30.1 Å². The van der Waals surface area contributed by atoms with Crippen LogP contribution in [0.25, 0.3) is 0 Å². The van der Waals surface area contributed by atoms with E-state index >= 15 is 0 Å². The first-order chi connectivity index (χ1) is 11.3. The number of non-ortho nitro benzene ring substituents is 1. The molecule has 1 fully saturated rings. The fourth-order valence-corrected chi connectivity index (χ4v) is 3.61. The van der Waals surface area contributed by atoms with Crippen molar-refractivity contribution < 1.29 is 14.5 Å². The number of nitro benzene ring substituents is 1. The van der Waals surface area contributed by atoms with Crippen LogP contribution in [0.2, 0.25) is 0 Å². The van der Waals surface area contributed by atoms with E-state index in [1.54, 1.807) is 0 Å². The highest BCUT2D eigenvalue weighted by atomic mass is 16.6. The van der Waals surface area contributed by atoms with Crippen molar-refractivity contribution in [1.82, 2.24) is 5.32 Å². The Bertz CT molecular complexity index is 583. The number of esters is 1. The molecule has 24 heavy (non-hydrogen) atoms. The Morgan fingerprint density at radius 2 is 2.04 bits per heavy atom. The smallest absolute Gasteiger partial charge is 0.338 e. The SMILES string of the molecule is C[C@@H]1CCCC(C)(C)[C@H]1NCCOC(=O)c1ccc([N+](=O)[O-])cc1. The third-order valence-corrected chi connectivity index (χ3v) is 4.90. The zero-order valence-electron chi connectivity index (χ0n) is 14.6. The summed E-state index contributed by atoms with van der Waals surface area (Å²) in [5.74, 6) is 0.154. The number of nitrogens with zero attached hydrogens (tertiary/aromatic N) is 1. The van der Waals surface area contributed by atoms with E-state index in [2.05, 4.69) is 26.1 Å². The lowest BCUT2D eigenvalue weighted by Gasteiger charge is -2.43. The van der Waals surface area contributed by atoms with Gasteiger partial charge in [-0.15, -0.1) is 0 Å².